The van der Waals surface area contributed by atoms with Gasteiger partial charge < -0.3 is 4.74 Å². The van der Waals surface area contributed by atoms with Crippen LogP contribution < -0.4 is 0 Å². The third-order valence-corrected chi connectivity index (χ3v) is 2.77. The Bertz CT molecular complexity index is 257. The minimum absolute atomic E-state index is 0.137. The lowest BCUT2D eigenvalue weighted by Crippen LogP contribution is -2.36. The molecule has 0 aromatic carbocycles. The summed E-state index contributed by atoms with van der Waals surface area (Å²) < 4.78 is 4.86. The topological polar surface area (TPSA) is 43.4 Å². The lowest BCUT2D eigenvalue weighted by atomic mass is 9.81. The number of hydrogen-bond donors (Lipinski definition) is 0. The Kier molecular flexibility index (Phi) is 4.08. The lowest BCUT2D eigenvalue weighted by molar-refractivity contribution is -0.173. The Morgan fingerprint density at radius 2 is 1.33 bits per heavy atom. The molecule has 0 radical (unpaired) electrons. The summed E-state index contributed by atoms with van der Waals surface area (Å²) in [4.78, 5) is 23.2. The summed E-state index contributed by atoms with van der Waals surface area (Å²) in [5, 5.41) is 0. The molecular formula is C12H22O3. The zero-order valence-corrected chi connectivity index (χ0v) is 10.8. The standard InChI is InChI=1S/C12H22O3/c1-8(2)12(6,7)10(14)15-9(13)11(3,4)5/h8H,1-7H3. The highest BCUT2D eigenvalue weighted by Gasteiger charge is 2.36. The van der Waals surface area contributed by atoms with Crippen LogP contribution in [0, 0.1) is 16.7 Å². The fourth-order valence-electron chi connectivity index (χ4n) is 0.605. The molecule has 0 aliphatic carbocycles. The summed E-state index contributed by atoms with van der Waals surface area (Å²) in [6, 6.07) is 0. The van der Waals surface area contributed by atoms with E-state index in [1.807, 2.05) is 13.8 Å². The molecule has 0 spiro atoms. The molecule has 0 N–H and O–H groups in total. The number of rotatable bonds is 2. The first-order chi connectivity index (χ1) is 6.49. The maximum Gasteiger partial charge on any atom is 0.319 e. The second-order valence-electron chi connectivity index (χ2n) is 5.80. The van der Waals surface area contributed by atoms with E-state index in [4.69, 9.17) is 4.74 Å². The largest absolute Gasteiger partial charge is 0.392 e. The minimum Gasteiger partial charge on any atom is -0.392 e. The third-order valence-electron chi connectivity index (χ3n) is 2.77. The van der Waals surface area contributed by atoms with Gasteiger partial charge >= 0.3 is 11.9 Å². The van der Waals surface area contributed by atoms with Crippen LogP contribution in [-0.2, 0) is 14.3 Å². The molecule has 0 aliphatic rings. The minimum atomic E-state index is -0.636. The van der Waals surface area contributed by atoms with Gasteiger partial charge in [-0.15, -0.1) is 0 Å². The van der Waals surface area contributed by atoms with Crippen molar-refractivity contribution >= 4 is 11.9 Å². The van der Waals surface area contributed by atoms with Crippen LogP contribution in [0.2, 0.25) is 0 Å². The first-order valence-electron chi connectivity index (χ1n) is 5.26. The first kappa shape index (κ1) is 14.1. The van der Waals surface area contributed by atoms with Gasteiger partial charge in [0.1, 0.15) is 0 Å². The van der Waals surface area contributed by atoms with Crippen LogP contribution in [0.15, 0.2) is 0 Å². The zero-order valence-electron chi connectivity index (χ0n) is 10.8. The molecule has 0 bridgehead atoms. The molecule has 88 valence electrons. The highest BCUT2D eigenvalue weighted by molar-refractivity contribution is 5.90. The van der Waals surface area contributed by atoms with Crippen LogP contribution in [-0.4, -0.2) is 11.9 Å². The Hall–Kier alpha value is -0.860. The van der Waals surface area contributed by atoms with Crippen molar-refractivity contribution in [3.8, 4) is 0 Å². The second-order valence-corrected chi connectivity index (χ2v) is 5.80. The quantitative estimate of drug-likeness (QED) is 0.524. The first-order valence-corrected chi connectivity index (χ1v) is 5.26. The van der Waals surface area contributed by atoms with E-state index in [-0.39, 0.29) is 5.92 Å². The third kappa shape index (κ3) is 3.65. The average Bonchev–Trinajstić information content (AvgIpc) is 2.01. The van der Waals surface area contributed by atoms with E-state index in [1.165, 1.54) is 0 Å². The molecule has 0 aromatic heterocycles. The molecule has 0 fully saturated rings. The van der Waals surface area contributed by atoms with Crippen LogP contribution >= 0.6 is 0 Å². The van der Waals surface area contributed by atoms with Crippen molar-refractivity contribution in [2.24, 2.45) is 16.7 Å². The molecule has 0 atom stereocenters. The molecule has 3 heteroatoms. The van der Waals surface area contributed by atoms with Gasteiger partial charge in [0, 0.05) is 0 Å². The normalized spacial score (nSPS) is 12.8. The van der Waals surface area contributed by atoms with Crippen molar-refractivity contribution in [1.29, 1.82) is 0 Å². The summed E-state index contributed by atoms with van der Waals surface area (Å²) in [7, 11) is 0. The van der Waals surface area contributed by atoms with Crippen LogP contribution in [0.3, 0.4) is 0 Å². The highest BCUT2D eigenvalue weighted by atomic mass is 16.6. The van der Waals surface area contributed by atoms with Crippen LogP contribution in [0.25, 0.3) is 0 Å². The van der Waals surface area contributed by atoms with Gasteiger partial charge in [-0.3, -0.25) is 9.59 Å². The van der Waals surface area contributed by atoms with Crippen molar-refractivity contribution < 1.29 is 14.3 Å². The number of carbonyl (C=O) groups is 2. The molecule has 3 nitrogen and oxygen atoms in total. The summed E-state index contributed by atoms with van der Waals surface area (Å²) in [6.45, 7) is 12.6. The Labute approximate surface area is 92.2 Å². The average molecular weight is 214 g/mol. The van der Waals surface area contributed by atoms with E-state index < -0.39 is 22.8 Å². The number of carbonyl (C=O) groups excluding carboxylic acids is 2. The van der Waals surface area contributed by atoms with Crippen LogP contribution in [0.4, 0.5) is 0 Å². The van der Waals surface area contributed by atoms with E-state index >= 15 is 0 Å². The van der Waals surface area contributed by atoms with Gasteiger partial charge in [0.15, 0.2) is 0 Å². The summed E-state index contributed by atoms with van der Waals surface area (Å²) in [5.41, 5.74) is -1.26. The maximum absolute atomic E-state index is 11.7. The summed E-state index contributed by atoms with van der Waals surface area (Å²) >= 11 is 0. The number of hydrogen-bond acceptors (Lipinski definition) is 3. The molecule has 15 heavy (non-hydrogen) atoms. The van der Waals surface area contributed by atoms with E-state index in [9.17, 15) is 9.59 Å². The van der Waals surface area contributed by atoms with Gasteiger partial charge in [0.25, 0.3) is 0 Å². The van der Waals surface area contributed by atoms with Crippen LogP contribution in [0.5, 0.6) is 0 Å². The predicted octanol–water partition coefficient (Wildman–Crippen LogP) is 2.78. The Morgan fingerprint density at radius 1 is 0.933 bits per heavy atom. The van der Waals surface area contributed by atoms with E-state index in [1.54, 1.807) is 34.6 Å². The Balaban J connectivity index is 4.59. The molecule has 0 amide bonds. The van der Waals surface area contributed by atoms with Gasteiger partial charge in [0.05, 0.1) is 10.8 Å². The molecule has 0 unspecified atom stereocenters. The van der Waals surface area contributed by atoms with Gasteiger partial charge in [-0.05, 0) is 40.5 Å². The molecule has 0 heterocycles. The van der Waals surface area contributed by atoms with Crippen molar-refractivity contribution in [3.05, 3.63) is 0 Å². The van der Waals surface area contributed by atoms with Gasteiger partial charge in [-0.1, -0.05) is 13.8 Å². The van der Waals surface area contributed by atoms with Crippen LogP contribution in [0.1, 0.15) is 48.5 Å². The molecule has 0 aliphatic heterocycles. The monoisotopic (exact) mass is 214 g/mol. The number of ether oxygens (including phenoxy) is 1. The smallest absolute Gasteiger partial charge is 0.319 e. The number of esters is 2. The Morgan fingerprint density at radius 3 is 1.60 bits per heavy atom. The maximum atomic E-state index is 11.7. The predicted molar refractivity (Wildman–Crippen MR) is 59.2 cm³/mol. The van der Waals surface area contributed by atoms with Crippen molar-refractivity contribution in [2.75, 3.05) is 0 Å². The van der Waals surface area contributed by atoms with Crippen molar-refractivity contribution in [3.63, 3.8) is 0 Å². The van der Waals surface area contributed by atoms with E-state index in [2.05, 4.69) is 0 Å². The molecule has 0 rings (SSSR count). The van der Waals surface area contributed by atoms with Crippen molar-refractivity contribution in [2.45, 2.75) is 48.5 Å². The van der Waals surface area contributed by atoms with E-state index in [0.29, 0.717) is 0 Å². The molecular weight excluding hydrogens is 192 g/mol. The molecule has 0 saturated carbocycles. The summed E-state index contributed by atoms with van der Waals surface area (Å²) in [5.74, 6) is -0.781. The SMILES string of the molecule is CC(C)C(C)(C)C(=O)OC(=O)C(C)(C)C. The van der Waals surface area contributed by atoms with Gasteiger partial charge in [0.2, 0.25) is 0 Å². The highest BCUT2D eigenvalue weighted by Crippen LogP contribution is 2.28. The second kappa shape index (κ2) is 4.33. The molecule has 0 saturated heterocycles. The van der Waals surface area contributed by atoms with Crippen molar-refractivity contribution in [1.82, 2.24) is 0 Å². The fourth-order valence-corrected chi connectivity index (χ4v) is 0.605. The molecule has 0 aromatic rings. The van der Waals surface area contributed by atoms with E-state index in [0.717, 1.165) is 0 Å². The lowest BCUT2D eigenvalue weighted by Gasteiger charge is -2.27. The van der Waals surface area contributed by atoms with Gasteiger partial charge in [-0.2, -0.15) is 0 Å². The summed E-state index contributed by atoms with van der Waals surface area (Å²) in [6.07, 6.45) is 0. The fraction of sp³-hybridized carbons (Fsp3) is 0.833. The van der Waals surface area contributed by atoms with Gasteiger partial charge in [-0.25, -0.2) is 0 Å². The zero-order chi connectivity index (χ0) is 12.4.